The van der Waals surface area contributed by atoms with Crippen LogP contribution in [0.2, 0.25) is 0 Å². The van der Waals surface area contributed by atoms with Crippen molar-refractivity contribution in [1.29, 1.82) is 0 Å². The molecule has 0 saturated heterocycles. The minimum atomic E-state index is -1.23. The van der Waals surface area contributed by atoms with Crippen LogP contribution in [0.4, 0.5) is 10.5 Å². The average Bonchev–Trinajstić information content (AvgIpc) is 2.49. The SMILES string of the molecule is O=C(Nc1cc(O)cc(C(=O)O)c1Br)OCc1ccccc1. The molecule has 0 bridgehead atoms. The summed E-state index contributed by atoms with van der Waals surface area (Å²) in [6, 6.07) is 11.4. The molecule has 6 nitrogen and oxygen atoms in total. The van der Waals surface area contributed by atoms with Gasteiger partial charge in [-0.3, -0.25) is 5.32 Å². The molecule has 0 aromatic heterocycles. The number of hydrogen-bond acceptors (Lipinski definition) is 4. The van der Waals surface area contributed by atoms with Crippen LogP contribution in [0.15, 0.2) is 46.9 Å². The van der Waals surface area contributed by atoms with E-state index in [1.54, 1.807) is 12.1 Å². The van der Waals surface area contributed by atoms with E-state index >= 15 is 0 Å². The number of carboxylic acid groups (broad SMARTS) is 1. The normalized spacial score (nSPS) is 10.0. The molecule has 3 N–H and O–H groups in total. The number of aromatic hydroxyl groups is 1. The van der Waals surface area contributed by atoms with E-state index in [2.05, 4.69) is 21.2 Å². The number of aromatic carboxylic acids is 1. The van der Waals surface area contributed by atoms with Gasteiger partial charge in [0, 0.05) is 6.07 Å². The molecule has 0 aliphatic carbocycles. The molecule has 0 aliphatic heterocycles. The highest BCUT2D eigenvalue weighted by atomic mass is 79.9. The molecule has 0 atom stereocenters. The lowest BCUT2D eigenvalue weighted by Gasteiger charge is -2.11. The van der Waals surface area contributed by atoms with Gasteiger partial charge in [-0.2, -0.15) is 0 Å². The number of carbonyl (C=O) groups excluding carboxylic acids is 1. The Morgan fingerprint density at radius 3 is 2.50 bits per heavy atom. The molecule has 0 aliphatic rings. The van der Waals surface area contributed by atoms with Crippen LogP contribution in [0.1, 0.15) is 15.9 Å². The van der Waals surface area contributed by atoms with Crippen LogP contribution in [-0.2, 0) is 11.3 Å². The number of carboxylic acids is 1. The first-order valence-electron chi connectivity index (χ1n) is 6.21. The summed E-state index contributed by atoms with van der Waals surface area (Å²) < 4.78 is 5.17. The van der Waals surface area contributed by atoms with Crippen LogP contribution in [0.3, 0.4) is 0 Å². The van der Waals surface area contributed by atoms with Crippen LogP contribution in [0, 0.1) is 0 Å². The van der Waals surface area contributed by atoms with Crippen LogP contribution in [-0.4, -0.2) is 22.3 Å². The van der Waals surface area contributed by atoms with E-state index in [9.17, 15) is 14.7 Å². The second kappa shape index (κ2) is 6.95. The maximum atomic E-state index is 11.7. The molecule has 7 heteroatoms. The molecular weight excluding hydrogens is 354 g/mol. The Morgan fingerprint density at radius 2 is 1.86 bits per heavy atom. The number of carbonyl (C=O) groups is 2. The van der Waals surface area contributed by atoms with Crippen molar-refractivity contribution in [2.45, 2.75) is 6.61 Å². The van der Waals surface area contributed by atoms with E-state index in [1.165, 1.54) is 6.07 Å². The molecule has 0 spiro atoms. The van der Waals surface area contributed by atoms with Gasteiger partial charge in [-0.25, -0.2) is 9.59 Å². The van der Waals surface area contributed by atoms with Crippen molar-refractivity contribution in [3.8, 4) is 5.75 Å². The Hall–Kier alpha value is -2.54. The predicted molar refractivity (Wildman–Crippen MR) is 83.0 cm³/mol. The lowest BCUT2D eigenvalue weighted by Crippen LogP contribution is -2.14. The number of amides is 1. The van der Waals surface area contributed by atoms with Gasteiger partial charge in [0.25, 0.3) is 0 Å². The molecule has 1 amide bonds. The predicted octanol–water partition coefficient (Wildman–Crippen LogP) is 3.60. The zero-order valence-electron chi connectivity index (χ0n) is 11.2. The molecule has 114 valence electrons. The second-order valence-corrected chi connectivity index (χ2v) is 5.14. The molecule has 0 radical (unpaired) electrons. The summed E-state index contributed by atoms with van der Waals surface area (Å²) in [5, 5.41) is 20.9. The summed E-state index contributed by atoms with van der Waals surface area (Å²) in [5.74, 6) is -1.51. The summed E-state index contributed by atoms with van der Waals surface area (Å²) in [5.41, 5.74) is 0.757. The van der Waals surface area contributed by atoms with Gasteiger partial charge in [-0.15, -0.1) is 0 Å². The Morgan fingerprint density at radius 1 is 1.18 bits per heavy atom. The number of nitrogens with one attached hydrogen (secondary N) is 1. The first-order chi connectivity index (χ1) is 10.5. The molecule has 2 rings (SSSR count). The second-order valence-electron chi connectivity index (χ2n) is 4.35. The third-order valence-corrected chi connectivity index (χ3v) is 3.59. The molecule has 22 heavy (non-hydrogen) atoms. The fourth-order valence-corrected chi connectivity index (χ4v) is 2.22. The summed E-state index contributed by atoms with van der Waals surface area (Å²) in [6.45, 7) is 0.0783. The molecule has 0 unspecified atom stereocenters. The van der Waals surface area contributed by atoms with E-state index in [4.69, 9.17) is 9.84 Å². The van der Waals surface area contributed by atoms with E-state index in [0.717, 1.165) is 11.6 Å². The van der Waals surface area contributed by atoms with Gasteiger partial charge in [0.1, 0.15) is 12.4 Å². The monoisotopic (exact) mass is 365 g/mol. The number of ether oxygens (including phenoxy) is 1. The number of rotatable bonds is 4. The number of halogens is 1. The van der Waals surface area contributed by atoms with Gasteiger partial charge in [0.05, 0.1) is 15.7 Å². The molecule has 0 heterocycles. The van der Waals surface area contributed by atoms with E-state index in [1.807, 2.05) is 18.2 Å². The van der Waals surface area contributed by atoms with Crippen molar-refractivity contribution >= 4 is 33.7 Å². The van der Waals surface area contributed by atoms with Crippen LogP contribution in [0.5, 0.6) is 5.75 Å². The van der Waals surface area contributed by atoms with Crippen molar-refractivity contribution in [2.24, 2.45) is 0 Å². The van der Waals surface area contributed by atoms with Gasteiger partial charge in [0.15, 0.2) is 0 Å². The van der Waals surface area contributed by atoms with Gasteiger partial charge in [0.2, 0.25) is 0 Å². The Bertz CT molecular complexity index is 703. The average molecular weight is 366 g/mol. The van der Waals surface area contributed by atoms with Gasteiger partial charge < -0.3 is 14.9 Å². The fraction of sp³-hybridized carbons (Fsp3) is 0.0667. The fourth-order valence-electron chi connectivity index (χ4n) is 1.72. The zero-order valence-corrected chi connectivity index (χ0v) is 12.8. The van der Waals surface area contributed by atoms with Crippen molar-refractivity contribution < 1.29 is 24.5 Å². The third kappa shape index (κ3) is 3.98. The molecule has 2 aromatic rings. The summed E-state index contributed by atoms with van der Waals surface area (Å²) in [6.07, 6.45) is -0.758. The van der Waals surface area contributed by atoms with Crippen LogP contribution >= 0.6 is 15.9 Å². The van der Waals surface area contributed by atoms with Crippen molar-refractivity contribution in [3.63, 3.8) is 0 Å². The number of hydrogen-bond donors (Lipinski definition) is 3. The van der Waals surface area contributed by atoms with Crippen molar-refractivity contribution in [3.05, 3.63) is 58.1 Å². The Balaban J connectivity index is 2.07. The Kier molecular flexibility index (Phi) is 5.00. The maximum absolute atomic E-state index is 11.7. The summed E-state index contributed by atoms with van der Waals surface area (Å²) in [7, 11) is 0. The highest BCUT2D eigenvalue weighted by molar-refractivity contribution is 9.10. The van der Waals surface area contributed by atoms with Gasteiger partial charge >= 0.3 is 12.1 Å². The van der Waals surface area contributed by atoms with Crippen LogP contribution < -0.4 is 5.32 Å². The van der Waals surface area contributed by atoms with Crippen LogP contribution in [0.25, 0.3) is 0 Å². The quantitative estimate of drug-likeness (QED) is 0.769. The molecule has 0 saturated carbocycles. The topological polar surface area (TPSA) is 95.9 Å². The lowest BCUT2D eigenvalue weighted by atomic mass is 10.2. The molecule has 0 fully saturated rings. The van der Waals surface area contributed by atoms with Crippen molar-refractivity contribution in [2.75, 3.05) is 5.32 Å². The van der Waals surface area contributed by atoms with E-state index in [-0.39, 0.29) is 28.1 Å². The van der Waals surface area contributed by atoms with Gasteiger partial charge in [-0.05, 0) is 27.6 Å². The maximum Gasteiger partial charge on any atom is 0.411 e. The number of benzene rings is 2. The van der Waals surface area contributed by atoms with E-state index < -0.39 is 12.1 Å². The van der Waals surface area contributed by atoms with Gasteiger partial charge in [-0.1, -0.05) is 30.3 Å². The molecular formula is C15H12BrNO5. The first-order valence-corrected chi connectivity index (χ1v) is 7.00. The smallest absolute Gasteiger partial charge is 0.411 e. The largest absolute Gasteiger partial charge is 0.508 e. The standard InChI is InChI=1S/C15H12BrNO5/c16-13-11(14(19)20)6-10(18)7-12(13)17-15(21)22-8-9-4-2-1-3-5-9/h1-7,18H,8H2,(H,17,21)(H,19,20). The van der Waals surface area contributed by atoms with Crippen molar-refractivity contribution in [1.82, 2.24) is 0 Å². The van der Waals surface area contributed by atoms with E-state index in [0.29, 0.717) is 0 Å². The minimum Gasteiger partial charge on any atom is -0.508 e. The highest BCUT2D eigenvalue weighted by Gasteiger charge is 2.16. The summed E-state index contributed by atoms with van der Waals surface area (Å²) >= 11 is 3.08. The number of phenolic OH excluding ortho intramolecular Hbond substituents is 1. The number of phenols is 1. The third-order valence-electron chi connectivity index (χ3n) is 2.74. The zero-order chi connectivity index (χ0) is 16.1. The highest BCUT2D eigenvalue weighted by Crippen LogP contribution is 2.31. The lowest BCUT2D eigenvalue weighted by molar-refractivity contribution is 0.0695. The number of anilines is 1. The minimum absolute atomic E-state index is 0.0783. The molecule has 2 aromatic carbocycles. The first kappa shape index (κ1) is 15.8. The summed E-state index contributed by atoms with van der Waals surface area (Å²) in [4.78, 5) is 22.8. The Labute approximate surface area is 134 Å².